The van der Waals surface area contributed by atoms with E-state index in [1.54, 1.807) is 0 Å². The molecule has 80 heavy (non-hydrogen) atoms. The summed E-state index contributed by atoms with van der Waals surface area (Å²) < 4.78 is 14.7. The zero-order valence-corrected chi connectivity index (χ0v) is 43.7. The maximum atomic E-state index is 7.33. The normalized spacial score (nSPS) is 12.4. The third-order valence-electron chi connectivity index (χ3n) is 16.9. The smallest absolute Gasteiger partial charge is 0.252 e. The second-order valence-corrected chi connectivity index (χ2v) is 21.3. The lowest BCUT2D eigenvalue weighted by molar-refractivity contribution is 0.492. The molecule has 2 heterocycles. The van der Waals surface area contributed by atoms with Crippen LogP contribution in [0.1, 0.15) is 0 Å². The SMILES string of the molecule is c1ccc(-c2cc(-c3ccccc3)c(B3c4ccccc4Oc4c3cc3ccc5c6c(cc7ccc4c3c75)B(c3c(-c4ccccc4)cc(-c4ccccc4)cc3-c3ccccc3)c3ccccc3O6)c(-c3ccccc3)c2)cc1. The molecule has 16 rings (SSSR count). The average molecular weight is 1010 g/mol. The lowest BCUT2D eigenvalue weighted by Gasteiger charge is -2.33. The first-order valence-corrected chi connectivity index (χ1v) is 27.7. The maximum Gasteiger partial charge on any atom is 0.252 e. The standard InChI is InChI=1S/C76H48B2O2/c1-7-23-49(24-8-1)57-43-61(51-27-11-3-12-28-51)73(62(44-57)52-29-13-4-14-30-52)77-65-35-19-21-37-69(65)79-75-59-41-40-56-48-68-76(60-42-39-55(47-67(75)77)71(59)72(56)60)80-70-38-22-20-36-66(70)78(68)74-63(53-31-15-5-16-32-53)45-58(50-25-9-2-10-26-50)46-64(74)54-33-17-6-18-34-54/h1-48H. The van der Waals surface area contributed by atoms with Crippen LogP contribution in [-0.2, 0) is 0 Å². The van der Waals surface area contributed by atoms with E-state index in [0.29, 0.717) is 0 Å². The van der Waals surface area contributed by atoms with Gasteiger partial charge in [0.1, 0.15) is 23.0 Å². The number of hydrogen-bond donors (Lipinski definition) is 0. The zero-order valence-electron chi connectivity index (χ0n) is 43.7. The summed E-state index contributed by atoms with van der Waals surface area (Å²) in [6.07, 6.45) is 0. The summed E-state index contributed by atoms with van der Waals surface area (Å²) in [7, 11) is 0. The van der Waals surface area contributed by atoms with Gasteiger partial charge >= 0.3 is 0 Å². The Morgan fingerprint density at radius 2 is 0.512 bits per heavy atom. The fraction of sp³-hybridized carbons (Fsp3) is 0. The molecule has 2 aliphatic rings. The molecular weight excluding hydrogens is 966 g/mol. The number of hydrogen-bond acceptors (Lipinski definition) is 2. The van der Waals surface area contributed by atoms with Crippen LogP contribution in [0.25, 0.3) is 99.1 Å². The van der Waals surface area contributed by atoms with Crippen molar-refractivity contribution in [3.8, 4) is 89.8 Å². The van der Waals surface area contributed by atoms with Crippen molar-refractivity contribution >= 4 is 78.5 Å². The summed E-state index contributed by atoms with van der Waals surface area (Å²) in [6, 6.07) is 106. The van der Waals surface area contributed by atoms with Gasteiger partial charge < -0.3 is 9.47 Å². The van der Waals surface area contributed by atoms with E-state index in [1.165, 1.54) is 88.5 Å². The monoisotopic (exact) mass is 1010 g/mol. The maximum absolute atomic E-state index is 7.33. The van der Waals surface area contributed by atoms with Gasteiger partial charge in [-0.05, 0) is 148 Å². The van der Waals surface area contributed by atoms with Gasteiger partial charge in [0, 0.05) is 21.5 Å². The Balaban J connectivity index is 0.953. The van der Waals surface area contributed by atoms with Crippen LogP contribution in [0.5, 0.6) is 23.0 Å². The van der Waals surface area contributed by atoms with Gasteiger partial charge in [0.15, 0.2) is 0 Å². The Morgan fingerprint density at radius 1 is 0.225 bits per heavy atom. The second-order valence-electron chi connectivity index (χ2n) is 21.3. The van der Waals surface area contributed by atoms with Gasteiger partial charge in [-0.2, -0.15) is 0 Å². The van der Waals surface area contributed by atoms with E-state index < -0.39 is 0 Å². The Labute approximate surface area is 466 Å². The fourth-order valence-electron chi connectivity index (χ4n) is 13.4. The Morgan fingerprint density at radius 3 is 0.838 bits per heavy atom. The van der Waals surface area contributed by atoms with Crippen LogP contribution in [0.2, 0.25) is 0 Å². The molecule has 370 valence electrons. The first kappa shape index (κ1) is 46.0. The van der Waals surface area contributed by atoms with Crippen molar-refractivity contribution in [2.45, 2.75) is 0 Å². The largest absolute Gasteiger partial charge is 0.458 e. The second kappa shape index (κ2) is 18.8. The fourth-order valence-corrected chi connectivity index (χ4v) is 13.4. The summed E-state index contributed by atoms with van der Waals surface area (Å²) in [6.45, 7) is -0.349. The Kier molecular flexibility index (Phi) is 10.8. The van der Waals surface area contributed by atoms with E-state index in [0.717, 1.165) is 66.4 Å². The quantitative estimate of drug-likeness (QED) is 0.112. The van der Waals surface area contributed by atoms with Gasteiger partial charge in [0.2, 0.25) is 0 Å². The Hall–Kier alpha value is -10.2. The van der Waals surface area contributed by atoms with Gasteiger partial charge in [-0.25, -0.2) is 0 Å². The van der Waals surface area contributed by atoms with Gasteiger partial charge in [-0.15, -0.1) is 0 Å². The first-order valence-electron chi connectivity index (χ1n) is 27.7. The molecule has 0 fully saturated rings. The highest BCUT2D eigenvalue weighted by Crippen LogP contribution is 2.46. The molecule has 0 aliphatic carbocycles. The summed E-state index contributed by atoms with van der Waals surface area (Å²) >= 11 is 0. The molecular formula is C76H48B2O2. The molecule has 0 atom stereocenters. The lowest BCUT2D eigenvalue weighted by Crippen LogP contribution is -2.56. The van der Waals surface area contributed by atoms with Crippen LogP contribution in [-0.4, -0.2) is 13.4 Å². The molecule has 0 amide bonds. The van der Waals surface area contributed by atoms with Crippen molar-refractivity contribution in [2.24, 2.45) is 0 Å². The van der Waals surface area contributed by atoms with Crippen LogP contribution < -0.4 is 42.3 Å². The predicted octanol–water partition coefficient (Wildman–Crippen LogP) is 15.8. The summed E-state index contributed by atoms with van der Waals surface area (Å²) in [5.74, 6) is 3.52. The van der Waals surface area contributed by atoms with Crippen molar-refractivity contribution in [3.05, 3.63) is 291 Å². The number of fused-ring (bicyclic) bond motifs is 6. The van der Waals surface area contributed by atoms with E-state index in [9.17, 15) is 0 Å². The van der Waals surface area contributed by atoms with E-state index in [4.69, 9.17) is 9.47 Å². The predicted molar refractivity (Wildman–Crippen MR) is 338 cm³/mol. The number of ether oxygens (including phenoxy) is 2. The van der Waals surface area contributed by atoms with E-state index in [-0.39, 0.29) is 13.4 Å². The van der Waals surface area contributed by atoms with Crippen molar-refractivity contribution in [3.63, 3.8) is 0 Å². The molecule has 0 unspecified atom stereocenters. The first-order chi connectivity index (χ1) is 39.7. The third kappa shape index (κ3) is 7.44. The zero-order chi connectivity index (χ0) is 52.7. The molecule has 0 saturated heterocycles. The molecule has 2 aliphatic heterocycles. The highest BCUT2D eigenvalue weighted by molar-refractivity contribution is 6.99. The third-order valence-corrected chi connectivity index (χ3v) is 16.9. The molecule has 0 N–H and O–H groups in total. The minimum atomic E-state index is -0.175. The number of rotatable bonds is 8. The molecule has 0 bridgehead atoms. The molecule has 0 saturated carbocycles. The van der Waals surface area contributed by atoms with Crippen LogP contribution in [0.3, 0.4) is 0 Å². The molecule has 0 radical (unpaired) electrons. The Bertz CT molecular complexity index is 4260. The number of para-hydroxylation sites is 2. The topological polar surface area (TPSA) is 18.5 Å². The van der Waals surface area contributed by atoms with Crippen LogP contribution in [0.15, 0.2) is 291 Å². The summed E-state index contributed by atoms with van der Waals surface area (Å²) in [5.41, 5.74) is 21.3. The van der Waals surface area contributed by atoms with Gasteiger partial charge in [0.05, 0.1) is 0 Å². The van der Waals surface area contributed by atoms with Crippen molar-refractivity contribution in [2.75, 3.05) is 0 Å². The van der Waals surface area contributed by atoms with Crippen molar-refractivity contribution in [1.82, 2.24) is 0 Å². The average Bonchev–Trinajstić information content (AvgIpc) is 3.62. The van der Waals surface area contributed by atoms with E-state index in [2.05, 4.69) is 291 Å². The highest BCUT2D eigenvalue weighted by Gasteiger charge is 2.40. The van der Waals surface area contributed by atoms with Crippen LogP contribution in [0, 0.1) is 0 Å². The summed E-state index contributed by atoms with van der Waals surface area (Å²) in [5, 5.41) is 6.84. The van der Waals surface area contributed by atoms with Gasteiger partial charge in [-0.3, -0.25) is 0 Å². The molecule has 2 nitrogen and oxygen atoms in total. The highest BCUT2D eigenvalue weighted by atomic mass is 16.5. The molecule has 0 aromatic heterocycles. The summed E-state index contributed by atoms with van der Waals surface area (Å²) in [4.78, 5) is 0. The molecule has 14 aromatic rings. The van der Waals surface area contributed by atoms with Gasteiger partial charge in [-0.1, -0.05) is 254 Å². The van der Waals surface area contributed by atoms with Crippen molar-refractivity contribution < 1.29 is 9.47 Å². The lowest BCUT2D eigenvalue weighted by atomic mass is 9.33. The van der Waals surface area contributed by atoms with Crippen molar-refractivity contribution in [1.29, 1.82) is 0 Å². The van der Waals surface area contributed by atoms with Crippen LogP contribution in [0.4, 0.5) is 0 Å². The van der Waals surface area contributed by atoms with E-state index >= 15 is 0 Å². The van der Waals surface area contributed by atoms with Crippen LogP contribution >= 0.6 is 0 Å². The minimum absolute atomic E-state index is 0.175. The van der Waals surface area contributed by atoms with E-state index in [1.807, 2.05) is 0 Å². The molecule has 4 heteroatoms. The molecule has 14 aromatic carbocycles. The number of benzene rings is 14. The van der Waals surface area contributed by atoms with Gasteiger partial charge in [0.25, 0.3) is 13.4 Å². The molecule has 0 spiro atoms. The minimum Gasteiger partial charge on any atom is -0.458 e.